The molecule has 112 valence electrons. The van der Waals surface area contributed by atoms with Gasteiger partial charge in [0.2, 0.25) is 5.91 Å². The highest BCUT2D eigenvalue weighted by Crippen LogP contribution is 2.50. The smallest absolute Gasteiger partial charge is 0.238 e. The summed E-state index contributed by atoms with van der Waals surface area (Å²) in [6.45, 7) is 1.26. The van der Waals surface area contributed by atoms with E-state index in [9.17, 15) is 9.18 Å². The number of nitrogens with zero attached hydrogens (tertiary/aromatic N) is 1. The Bertz CT molecular complexity index is 524. The van der Waals surface area contributed by atoms with E-state index in [1.807, 2.05) is 4.90 Å². The zero-order valence-corrected chi connectivity index (χ0v) is 12.1. The molecule has 1 saturated heterocycles. The van der Waals surface area contributed by atoms with Crippen LogP contribution in [0.4, 0.5) is 4.39 Å². The molecule has 4 heteroatoms. The van der Waals surface area contributed by atoms with E-state index in [2.05, 4.69) is 5.32 Å². The maximum Gasteiger partial charge on any atom is 0.238 e. The average molecular weight is 288 g/mol. The number of nitrogens with one attached hydrogen (secondary N) is 1. The van der Waals surface area contributed by atoms with E-state index < -0.39 is 0 Å². The molecule has 3 nitrogen and oxygen atoms in total. The first-order valence-corrected chi connectivity index (χ1v) is 8.00. The Balaban J connectivity index is 1.53. The lowest BCUT2D eigenvalue weighted by molar-refractivity contribution is -0.128. The standard InChI is InChI=1S/C17H21FN2O/c18-14-7-5-13(6-8-14)17-19-9-16(21)20(17)10-15(11-1-2-11)12-3-4-12/h5-8,11-12,15,17,19H,1-4,9-10H2. The summed E-state index contributed by atoms with van der Waals surface area (Å²) in [5, 5.41) is 3.27. The molecule has 3 fully saturated rings. The first kappa shape index (κ1) is 13.3. The predicted molar refractivity (Wildman–Crippen MR) is 77.8 cm³/mol. The summed E-state index contributed by atoms with van der Waals surface area (Å²) in [4.78, 5) is 14.2. The number of hydrogen-bond acceptors (Lipinski definition) is 2. The molecule has 1 atom stereocenters. The number of carbonyl (C=O) groups is 1. The first-order chi connectivity index (χ1) is 10.2. The normalized spacial score (nSPS) is 25.9. The van der Waals surface area contributed by atoms with Gasteiger partial charge in [0.1, 0.15) is 12.0 Å². The van der Waals surface area contributed by atoms with Gasteiger partial charge in [0.05, 0.1) is 6.54 Å². The summed E-state index contributed by atoms with van der Waals surface area (Å²) >= 11 is 0. The van der Waals surface area contributed by atoms with Crippen LogP contribution in [-0.2, 0) is 4.79 Å². The number of hydrogen-bond donors (Lipinski definition) is 1. The van der Waals surface area contributed by atoms with Crippen LogP contribution < -0.4 is 5.32 Å². The molecule has 1 N–H and O–H groups in total. The molecule has 0 aromatic heterocycles. The summed E-state index contributed by atoms with van der Waals surface area (Å²) in [5.74, 6) is 2.29. The highest BCUT2D eigenvalue weighted by molar-refractivity contribution is 5.81. The zero-order valence-electron chi connectivity index (χ0n) is 12.1. The van der Waals surface area contributed by atoms with E-state index in [-0.39, 0.29) is 17.9 Å². The molecule has 0 spiro atoms. The van der Waals surface area contributed by atoms with Crippen molar-refractivity contribution in [3.05, 3.63) is 35.6 Å². The number of halogens is 1. The van der Waals surface area contributed by atoms with Gasteiger partial charge in [0, 0.05) is 6.54 Å². The number of carbonyl (C=O) groups excluding carboxylic acids is 1. The topological polar surface area (TPSA) is 32.3 Å². The quantitative estimate of drug-likeness (QED) is 0.903. The fourth-order valence-corrected chi connectivity index (χ4v) is 3.65. The molecule has 1 aliphatic heterocycles. The van der Waals surface area contributed by atoms with Crippen molar-refractivity contribution in [3.8, 4) is 0 Å². The molecular weight excluding hydrogens is 267 g/mol. The molecule has 2 aliphatic carbocycles. The van der Waals surface area contributed by atoms with Crippen molar-refractivity contribution in [1.82, 2.24) is 10.2 Å². The second kappa shape index (κ2) is 5.09. The molecule has 1 unspecified atom stereocenters. The SMILES string of the molecule is O=C1CNC(c2ccc(F)cc2)N1CC(C1CC1)C1CC1. The molecule has 3 aliphatic rings. The molecule has 1 amide bonds. The third-order valence-electron chi connectivity index (χ3n) is 5.13. The number of amides is 1. The summed E-state index contributed by atoms with van der Waals surface area (Å²) in [6, 6.07) is 6.50. The molecule has 1 aromatic rings. The van der Waals surface area contributed by atoms with Crippen molar-refractivity contribution < 1.29 is 9.18 Å². The van der Waals surface area contributed by atoms with Crippen LogP contribution in [0.3, 0.4) is 0 Å². The van der Waals surface area contributed by atoms with Gasteiger partial charge in [-0.2, -0.15) is 0 Å². The first-order valence-electron chi connectivity index (χ1n) is 8.00. The van der Waals surface area contributed by atoms with Gasteiger partial charge in [-0.05, 0) is 61.1 Å². The van der Waals surface area contributed by atoms with E-state index in [4.69, 9.17) is 0 Å². The molecule has 0 radical (unpaired) electrons. The Hall–Kier alpha value is -1.42. The molecule has 1 heterocycles. The predicted octanol–water partition coefficient (Wildman–Crippen LogP) is 2.69. The van der Waals surface area contributed by atoms with Crippen molar-refractivity contribution in [1.29, 1.82) is 0 Å². The van der Waals surface area contributed by atoms with E-state index in [1.54, 1.807) is 12.1 Å². The van der Waals surface area contributed by atoms with Crippen LogP contribution in [0.25, 0.3) is 0 Å². The maximum absolute atomic E-state index is 13.1. The highest BCUT2D eigenvalue weighted by Gasteiger charge is 2.44. The lowest BCUT2D eigenvalue weighted by Gasteiger charge is -2.29. The minimum Gasteiger partial charge on any atom is -0.322 e. The van der Waals surface area contributed by atoms with Crippen molar-refractivity contribution >= 4 is 5.91 Å². The van der Waals surface area contributed by atoms with Crippen LogP contribution in [0, 0.1) is 23.6 Å². The zero-order chi connectivity index (χ0) is 14.4. The number of rotatable bonds is 5. The van der Waals surface area contributed by atoms with Crippen LogP contribution in [0.2, 0.25) is 0 Å². The molecule has 1 aromatic carbocycles. The second-order valence-electron chi connectivity index (χ2n) is 6.72. The fraction of sp³-hybridized carbons (Fsp3) is 0.588. The second-order valence-corrected chi connectivity index (χ2v) is 6.72. The van der Waals surface area contributed by atoms with E-state index in [0.717, 1.165) is 23.9 Å². The van der Waals surface area contributed by atoms with Gasteiger partial charge in [0.15, 0.2) is 0 Å². The monoisotopic (exact) mass is 288 g/mol. The van der Waals surface area contributed by atoms with Crippen LogP contribution in [0.1, 0.15) is 37.4 Å². The van der Waals surface area contributed by atoms with Crippen molar-refractivity contribution in [3.63, 3.8) is 0 Å². The largest absolute Gasteiger partial charge is 0.322 e. The molecule has 0 bridgehead atoms. The minimum atomic E-state index is -0.233. The van der Waals surface area contributed by atoms with Crippen LogP contribution in [0.15, 0.2) is 24.3 Å². The summed E-state index contributed by atoms with van der Waals surface area (Å²) in [6.07, 6.45) is 5.24. The van der Waals surface area contributed by atoms with Gasteiger partial charge in [-0.3, -0.25) is 10.1 Å². The molecule has 2 saturated carbocycles. The van der Waals surface area contributed by atoms with Crippen molar-refractivity contribution in [2.45, 2.75) is 31.8 Å². The van der Waals surface area contributed by atoms with Gasteiger partial charge < -0.3 is 4.90 Å². The van der Waals surface area contributed by atoms with Crippen LogP contribution in [-0.4, -0.2) is 23.9 Å². The third kappa shape index (κ3) is 2.69. The Morgan fingerprint density at radius 3 is 2.33 bits per heavy atom. The molecule has 4 rings (SSSR count). The average Bonchev–Trinajstić information content (AvgIpc) is 3.38. The van der Waals surface area contributed by atoms with Crippen LogP contribution >= 0.6 is 0 Å². The lowest BCUT2D eigenvalue weighted by atomic mass is 9.96. The Morgan fingerprint density at radius 1 is 1.14 bits per heavy atom. The maximum atomic E-state index is 13.1. The highest BCUT2D eigenvalue weighted by atomic mass is 19.1. The van der Waals surface area contributed by atoms with E-state index in [0.29, 0.717) is 12.5 Å². The lowest BCUT2D eigenvalue weighted by Crippen LogP contribution is -2.36. The van der Waals surface area contributed by atoms with Gasteiger partial charge in [-0.1, -0.05) is 12.1 Å². The van der Waals surface area contributed by atoms with E-state index >= 15 is 0 Å². The van der Waals surface area contributed by atoms with Gasteiger partial charge in [-0.25, -0.2) is 4.39 Å². The summed E-state index contributed by atoms with van der Waals surface area (Å²) in [5.41, 5.74) is 0.979. The summed E-state index contributed by atoms with van der Waals surface area (Å²) in [7, 11) is 0. The van der Waals surface area contributed by atoms with Gasteiger partial charge in [-0.15, -0.1) is 0 Å². The Kier molecular flexibility index (Phi) is 3.21. The fourth-order valence-electron chi connectivity index (χ4n) is 3.65. The minimum absolute atomic E-state index is 0.0851. The van der Waals surface area contributed by atoms with E-state index in [1.165, 1.54) is 37.8 Å². The van der Waals surface area contributed by atoms with Gasteiger partial charge in [0.25, 0.3) is 0 Å². The Labute approximate surface area is 124 Å². The molecule has 21 heavy (non-hydrogen) atoms. The number of benzene rings is 1. The van der Waals surface area contributed by atoms with Gasteiger partial charge >= 0.3 is 0 Å². The third-order valence-corrected chi connectivity index (χ3v) is 5.13. The van der Waals surface area contributed by atoms with Crippen molar-refractivity contribution in [2.75, 3.05) is 13.1 Å². The Morgan fingerprint density at radius 2 is 1.76 bits per heavy atom. The molecular formula is C17H21FN2O. The summed E-state index contributed by atoms with van der Waals surface area (Å²) < 4.78 is 13.1. The van der Waals surface area contributed by atoms with Crippen LogP contribution in [0.5, 0.6) is 0 Å². The van der Waals surface area contributed by atoms with Crippen molar-refractivity contribution in [2.24, 2.45) is 17.8 Å².